The van der Waals surface area contributed by atoms with Crippen molar-refractivity contribution in [2.24, 2.45) is 5.92 Å². The molecule has 26 heavy (non-hydrogen) atoms. The van der Waals surface area contributed by atoms with Crippen LogP contribution in [0.4, 0.5) is 19.0 Å². The maximum absolute atomic E-state index is 12.9. The van der Waals surface area contributed by atoms with Gasteiger partial charge in [0.1, 0.15) is 11.6 Å². The van der Waals surface area contributed by atoms with Crippen molar-refractivity contribution in [3.63, 3.8) is 0 Å². The Hall–Kier alpha value is -2.02. The van der Waals surface area contributed by atoms with Gasteiger partial charge in [0.05, 0.1) is 11.6 Å². The largest absolute Gasteiger partial charge is 0.391 e. The number of benzene rings is 1. The second-order valence-electron chi connectivity index (χ2n) is 6.49. The molecule has 1 heterocycles. The molecule has 0 unspecified atom stereocenters. The van der Waals surface area contributed by atoms with Gasteiger partial charge in [0.15, 0.2) is 0 Å². The summed E-state index contributed by atoms with van der Waals surface area (Å²) in [5, 5.41) is 3.38. The summed E-state index contributed by atoms with van der Waals surface area (Å²) in [6, 6.07) is 8.11. The predicted octanol–water partition coefficient (Wildman–Crippen LogP) is 4.76. The van der Waals surface area contributed by atoms with Crippen molar-refractivity contribution in [1.82, 2.24) is 9.55 Å². The first-order chi connectivity index (χ1) is 12.3. The fraction of sp³-hybridized carbons (Fsp3) is 0.444. The molecule has 1 aliphatic rings. The number of hydrogen-bond donors (Lipinski definition) is 1. The van der Waals surface area contributed by atoms with E-state index < -0.39 is 12.1 Å². The van der Waals surface area contributed by atoms with E-state index >= 15 is 0 Å². The van der Waals surface area contributed by atoms with E-state index in [9.17, 15) is 18.0 Å². The number of halogens is 4. The molecule has 3 rings (SSSR count). The van der Waals surface area contributed by atoms with E-state index in [-0.39, 0.29) is 24.3 Å². The monoisotopic (exact) mass is 385 g/mol. The van der Waals surface area contributed by atoms with Crippen molar-refractivity contribution in [3.05, 3.63) is 51.5 Å². The second kappa shape index (κ2) is 7.31. The summed E-state index contributed by atoms with van der Waals surface area (Å²) in [6.45, 7) is 0. The van der Waals surface area contributed by atoms with Gasteiger partial charge in [-0.2, -0.15) is 13.2 Å². The molecule has 0 aliphatic heterocycles. The van der Waals surface area contributed by atoms with Crippen LogP contribution in [0.3, 0.4) is 0 Å². The normalized spacial score (nSPS) is 20.8. The molecular formula is C18H19ClF3N3O. The predicted molar refractivity (Wildman–Crippen MR) is 95.1 cm³/mol. The molecule has 1 N–H and O–H groups in total. The molecule has 1 aromatic carbocycles. The number of nitrogens with one attached hydrogen (secondary N) is 1. The van der Waals surface area contributed by atoms with Crippen LogP contribution in [0.5, 0.6) is 0 Å². The minimum atomic E-state index is -4.17. The highest BCUT2D eigenvalue weighted by Gasteiger charge is 2.42. The van der Waals surface area contributed by atoms with E-state index in [4.69, 9.17) is 11.6 Å². The zero-order chi connectivity index (χ0) is 18.9. The van der Waals surface area contributed by atoms with Gasteiger partial charge in [0.25, 0.3) is 5.56 Å². The van der Waals surface area contributed by atoms with Crippen LogP contribution in [0, 0.1) is 5.92 Å². The molecule has 4 nitrogen and oxygen atoms in total. The Morgan fingerprint density at radius 1 is 1.15 bits per heavy atom. The number of anilines is 1. The van der Waals surface area contributed by atoms with Crippen LogP contribution < -0.4 is 10.9 Å². The third-order valence-corrected chi connectivity index (χ3v) is 5.09. The minimum absolute atomic E-state index is 0.0500. The van der Waals surface area contributed by atoms with Gasteiger partial charge in [-0.05, 0) is 49.9 Å². The minimum Gasteiger partial charge on any atom is -0.373 e. The highest BCUT2D eigenvalue weighted by Crippen LogP contribution is 2.42. The van der Waals surface area contributed by atoms with Crippen molar-refractivity contribution >= 4 is 17.4 Å². The molecule has 1 aliphatic carbocycles. The van der Waals surface area contributed by atoms with Crippen molar-refractivity contribution < 1.29 is 13.2 Å². The smallest absolute Gasteiger partial charge is 0.373 e. The molecule has 0 saturated heterocycles. The Kier molecular flexibility index (Phi) is 5.27. The van der Waals surface area contributed by atoms with Crippen LogP contribution in [0.25, 0.3) is 5.69 Å². The van der Waals surface area contributed by atoms with Gasteiger partial charge in [-0.1, -0.05) is 11.6 Å². The quantitative estimate of drug-likeness (QED) is 0.828. The van der Waals surface area contributed by atoms with Crippen LogP contribution >= 0.6 is 11.6 Å². The molecule has 0 atom stereocenters. The van der Waals surface area contributed by atoms with Gasteiger partial charge in [-0.3, -0.25) is 9.36 Å². The summed E-state index contributed by atoms with van der Waals surface area (Å²) in [5.41, 5.74) is 0.321. The topological polar surface area (TPSA) is 46.9 Å². The van der Waals surface area contributed by atoms with E-state index in [2.05, 4.69) is 10.3 Å². The lowest BCUT2D eigenvalue weighted by Crippen LogP contribution is -2.30. The number of aromatic nitrogens is 2. The molecule has 0 radical (unpaired) electrons. The van der Waals surface area contributed by atoms with Crippen molar-refractivity contribution in [2.45, 2.75) is 37.8 Å². The lowest BCUT2D eigenvalue weighted by molar-refractivity contribution is -0.182. The lowest BCUT2D eigenvalue weighted by atomic mass is 9.81. The van der Waals surface area contributed by atoms with Gasteiger partial charge in [-0.15, -0.1) is 0 Å². The van der Waals surface area contributed by atoms with Gasteiger partial charge >= 0.3 is 6.18 Å². The Bertz CT molecular complexity index is 825. The SMILES string of the molecule is CNc1cc(=O)n(-c2ccc(Cl)cc2)c([C@H]2CC[C@@H](C(F)(F)F)CC2)n1. The molecule has 1 saturated carbocycles. The Balaban J connectivity index is 1.99. The highest BCUT2D eigenvalue weighted by molar-refractivity contribution is 6.30. The average molecular weight is 386 g/mol. The van der Waals surface area contributed by atoms with Gasteiger partial charge < -0.3 is 5.32 Å². The van der Waals surface area contributed by atoms with Crippen LogP contribution in [-0.2, 0) is 0 Å². The average Bonchev–Trinajstić information content (AvgIpc) is 2.61. The van der Waals surface area contributed by atoms with Crippen molar-refractivity contribution in [1.29, 1.82) is 0 Å². The molecule has 1 fully saturated rings. The zero-order valence-electron chi connectivity index (χ0n) is 14.2. The third-order valence-electron chi connectivity index (χ3n) is 4.84. The first kappa shape index (κ1) is 18.8. The van der Waals surface area contributed by atoms with E-state index in [1.54, 1.807) is 31.3 Å². The van der Waals surface area contributed by atoms with E-state index in [0.717, 1.165) is 0 Å². The number of alkyl halides is 3. The van der Waals surface area contributed by atoms with Crippen LogP contribution in [-0.4, -0.2) is 22.8 Å². The Morgan fingerprint density at radius 2 is 1.77 bits per heavy atom. The summed E-state index contributed by atoms with van der Waals surface area (Å²) in [6.07, 6.45) is -3.38. The first-order valence-electron chi connectivity index (χ1n) is 8.44. The van der Waals surface area contributed by atoms with Gasteiger partial charge in [-0.25, -0.2) is 4.98 Å². The number of rotatable bonds is 3. The summed E-state index contributed by atoms with van der Waals surface area (Å²) in [7, 11) is 1.65. The first-order valence-corrected chi connectivity index (χ1v) is 8.82. The van der Waals surface area contributed by atoms with Gasteiger partial charge in [0.2, 0.25) is 0 Å². The highest BCUT2D eigenvalue weighted by atomic mass is 35.5. The number of hydrogen-bond acceptors (Lipinski definition) is 3. The molecule has 0 spiro atoms. The Labute approximate surface area is 154 Å². The third kappa shape index (κ3) is 3.87. The van der Waals surface area contributed by atoms with Crippen LogP contribution in [0.2, 0.25) is 5.02 Å². The molecule has 2 aromatic rings. The maximum atomic E-state index is 12.9. The summed E-state index contributed by atoms with van der Waals surface area (Å²) < 4.78 is 40.3. The second-order valence-corrected chi connectivity index (χ2v) is 6.93. The van der Waals surface area contributed by atoms with E-state index in [0.29, 0.717) is 35.2 Å². The lowest BCUT2D eigenvalue weighted by Gasteiger charge is -2.30. The molecule has 1 aromatic heterocycles. The van der Waals surface area contributed by atoms with Gasteiger partial charge in [0, 0.05) is 24.1 Å². The fourth-order valence-electron chi connectivity index (χ4n) is 3.43. The molecule has 8 heteroatoms. The van der Waals surface area contributed by atoms with Crippen molar-refractivity contribution in [3.8, 4) is 5.69 Å². The molecule has 0 bridgehead atoms. The standard InChI is InChI=1S/C18H19ClF3N3O/c1-23-15-10-16(26)25(14-8-6-13(19)7-9-14)17(24-15)11-2-4-12(5-3-11)18(20,21)22/h6-12,23H,2-5H2,1H3/t11-,12+. The molecular weight excluding hydrogens is 367 g/mol. The fourth-order valence-corrected chi connectivity index (χ4v) is 3.56. The van der Waals surface area contributed by atoms with E-state index in [1.165, 1.54) is 10.6 Å². The maximum Gasteiger partial charge on any atom is 0.391 e. The zero-order valence-corrected chi connectivity index (χ0v) is 14.9. The van der Waals surface area contributed by atoms with Crippen LogP contribution in [0.1, 0.15) is 37.4 Å². The summed E-state index contributed by atoms with van der Waals surface area (Å²) >= 11 is 5.91. The van der Waals surface area contributed by atoms with E-state index in [1.807, 2.05) is 0 Å². The Morgan fingerprint density at radius 3 is 2.31 bits per heavy atom. The summed E-state index contributed by atoms with van der Waals surface area (Å²) in [4.78, 5) is 17.1. The number of nitrogens with zero attached hydrogens (tertiary/aromatic N) is 2. The summed E-state index contributed by atoms with van der Waals surface area (Å²) in [5.74, 6) is -0.579. The van der Waals surface area contributed by atoms with Crippen LogP contribution in [0.15, 0.2) is 35.1 Å². The van der Waals surface area contributed by atoms with Crippen molar-refractivity contribution in [2.75, 3.05) is 12.4 Å². The molecule has 0 amide bonds. The molecule has 140 valence electrons.